The molecule has 4 aromatic rings. The maximum absolute atomic E-state index is 14.3. The number of guanidine groups is 2. The Hall–Kier alpha value is -5.22. The van der Waals surface area contributed by atoms with Gasteiger partial charge in [-0.2, -0.15) is 0 Å². The van der Waals surface area contributed by atoms with Gasteiger partial charge in [0.15, 0.2) is 23.0 Å². The fourth-order valence-corrected chi connectivity index (χ4v) is 13.0. The number of halogens is 3. The van der Waals surface area contributed by atoms with Crippen LogP contribution in [0.5, 0.6) is 0 Å². The van der Waals surface area contributed by atoms with E-state index in [1.54, 1.807) is 30.2 Å². The van der Waals surface area contributed by atoms with Crippen LogP contribution in [0.4, 0.5) is 8.78 Å². The molecule has 4 spiro atoms. The molecule has 6 heterocycles. The van der Waals surface area contributed by atoms with Gasteiger partial charge in [0, 0.05) is 66.2 Å². The Morgan fingerprint density at radius 3 is 1.55 bits per heavy atom. The third-order valence-electron chi connectivity index (χ3n) is 16.6. The Balaban J connectivity index is 0.000000164. The number of nitrogens with two attached hydrogens (primary N) is 2. The molecule has 12 rings (SSSR count). The van der Waals surface area contributed by atoms with Crippen molar-refractivity contribution in [1.82, 2.24) is 19.8 Å². The van der Waals surface area contributed by atoms with Gasteiger partial charge < -0.3 is 40.5 Å². The maximum atomic E-state index is 14.3. The van der Waals surface area contributed by atoms with Crippen LogP contribution < -0.4 is 16.9 Å². The highest BCUT2D eigenvalue weighted by atomic mass is 79.9. The summed E-state index contributed by atoms with van der Waals surface area (Å²) in [6.07, 6.45) is 16.1. The van der Waals surface area contributed by atoms with Gasteiger partial charge in [0.05, 0.1) is 49.9 Å². The molecule has 2 aromatic heterocycles. The van der Waals surface area contributed by atoms with Gasteiger partial charge in [0.1, 0.15) is 11.6 Å². The summed E-state index contributed by atoms with van der Waals surface area (Å²) in [6.45, 7) is 2.39. The highest BCUT2D eigenvalue weighted by Crippen LogP contribution is 2.64. The fourth-order valence-electron chi connectivity index (χ4n) is 12.6. The molecule has 6 N–H and O–H groups in total. The zero-order valence-electron chi connectivity index (χ0n) is 40.4. The average molecular weight is 1090 g/mol. The number of aliphatic imine (C=N–C) groups is 2. The zero-order chi connectivity index (χ0) is 50.6. The monoisotopic (exact) mass is 1080 g/mol. The van der Waals surface area contributed by atoms with E-state index in [4.69, 9.17) is 50.4 Å². The molecule has 4 aliphatic heterocycles. The normalized spacial score (nSPS) is 30.0. The number of pyridine rings is 2. The standard InChI is InChI=1S/C26H29FN4O3.C21H26BrN3O3.C5H5BFNO2.2CH4/c1-33-20-4-7-25(8-5-20)12-17-3-2-16(18-10-19(27)14-29-13-18)11-22(17)26(25)23(32)31(24(28)30-26)15-21-6-9-34-21;1-27-15-4-7-20(8-5-15)11-13-2-3-14(22)10-17(13)21(20)18(26)25(19(23)24-21)12-16-6-9-28-16;7-5-1-4(6(9)10)2-8-3-5;;/h2-3,10-11,13-14,20-21H,4-9,12,15H2,1H3,(H2,28,30);2-3,10,15-16H,4-9,11-12H2,1H3,(H2,23,24);1-3,9-10H;2*1H4. The van der Waals surface area contributed by atoms with E-state index in [0.29, 0.717) is 31.2 Å². The quantitative estimate of drug-likeness (QED) is 0.148. The Bertz CT molecular complexity index is 2790. The first-order chi connectivity index (χ1) is 34.6. The predicted octanol–water partition coefficient (Wildman–Crippen LogP) is 6.05. The SMILES string of the molecule is C.C.COC1CCC2(CC1)Cc1ccc(-c3cncc(F)c3)cc1C21N=C(N)N(CC2CCO2)C1=O.COC1CCC2(CC1)Cc1ccc(Br)cc1C21N=C(N)N(CC2CCO2)C1=O.OB(O)c1cncc(F)c1. The van der Waals surface area contributed by atoms with E-state index in [9.17, 15) is 18.4 Å². The number of methoxy groups -OCH3 is 2. The average Bonchev–Trinajstić information content (AvgIpc) is 3.96. The number of ether oxygens (including phenoxy) is 4. The lowest BCUT2D eigenvalue weighted by atomic mass is 9.61. The first-order valence-corrected chi connectivity index (χ1v) is 25.6. The molecule has 2 saturated heterocycles. The molecule has 396 valence electrons. The number of benzene rings is 2. The van der Waals surface area contributed by atoms with Crippen LogP contribution in [0.1, 0.15) is 101 Å². The minimum atomic E-state index is -1.65. The van der Waals surface area contributed by atoms with Crippen LogP contribution in [-0.4, -0.2) is 126 Å². The molecule has 4 aliphatic carbocycles. The molecule has 8 aliphatic rings. The molecule has 16 nitrogen and oxygen atoms in total. The van der Waals surface area contributed by atoms with Gasteiger partial charge in [0.2, 0.25) is 0 Å². The van der Waals surface area contributed by atoms with E-state index in [1.807, 2.05) is 12.1 Å². The van der Waals surface area contributed by atoms with Crippen molar-refractivity contribution in [3.8, 4) is 11.1 Å². The summed E-state index contributed by atoms with van der Waals surface area (Å²) >= 11 is 3.59. The van der Waals surface area contributed by atoms with Crippen molar-refractivity contribution in [1.29, 1.82) is 0 Å². The van der Waals surface area contributed by atoms with Gasteiger partial charge >= 0.3 is 7.12 Å². The molecule has 4 fully saturated rings. The van der Waals surface area contributed by atoms with Gasteiger partial charge in [-0.15, -0.1) is 0 Å². The zero-order valence-corrected chi connectivity index (χ0v) is 42.0. The van der Waals surface area contributed by atoms with Crippen molar-refractivity contribution in [2.45, 2.75) is 127 Å². The highest BCUT2D eigenvalue weighted by molar-refractivity contribution is 9.10. The molecule has 4 unspecified atom stereocenters. The van der Waals surface area contributed by atoms with E-state index >= 15 is 0 Å². The van der Waals surface area contributed by atoms with Crippen molar-refractivity contribution in [3.63, 3.8) is 0 Å². The summed E-state index contributed by atoms with van der Waals surface area (Å²) in [6, 6.07) is 14.8. The molecular formula is C54H68BBrF2N8O8. The first kappa shape index (κ1) is 55.0. The third kappa shape index (κ3) is 9.46. The molecular weight excluding hydrogens is 1020 g/mol. The molecule has 2 amide bonds. The van der Waals surface area contributed by atoms with Crippen molar-refractivity contribution in [2.75, 3.05) is 40.5 Å². The number of hydrogen-bond donors (Lipinski definition) is 4. The van der Waals surface area contributed by atoms with E-state index in [1.165, 1.54) is 24.0 Å². The molecule has 2 saturated carbocycles. The summed E-state index contributed by atoms with van der Waals surface area (Å²) in [5.74, 6) is -0.419. The summed E-state index contributed by atoms with van der Waals surface area (Å²) in [5, 5.41) is 17.0. The molecule has 0 bridgehead atoms. The van der Waals surface area contributed by atoms with Gasteiger partial charge in [0.25, 0.3) is 11.8 Å². The number of carbonyl (C=O) groups excluding carboxylic acids is 2. The Morgan fingerprint density at radius 1 is 0.676 bits per heavy atom. The minimum Gasteiger partial charge on any atom is -0.423 e. The highest BCUT2D eigenvalue weighted by Gasteiger charge is 2.68. The lowest BCUT2D eigenvalue weighted by Crippen LogP contribution is -2.54. The number of aromatic nitrogens is 2. The fraction of sp³-hybridized carbons (Fsp3) is 0.519. The van der Waals surface area contributed by atoms with Crippen LogP contribution in [0.15, 0.2) is 87.8 Å². The van der Waals surface area contributed by atoms with Crippen LogP contribution in [0.25, 0.3) is 11.1 Å². The number of rotatable bonds is 8. The number of hydrogen-bond acceptors (Lipinski definition) is 14. The van der Waals surface area contributed by atoms with Crippen molar-refractivity contribution in [2.24, 2.45) is 32.3 Å². The van der Waals surface area contributed by atoms with E-state index < -0.39 is 29.8 Å². The Kier molecular flexibility index (Phi) is 16.2. The van der Waals surface area contributed by atoms with Crippen molar-refractivity contribution < 1.29 is 47.4 Å². The third-order valence-corrected chi connectivity index (χ3v) is 17.1. The molecule has 4 atom stereocenters. The topological polar surface area (TPSA) is 221 Å². The molecule has 74 heavy (non-hydrogen) atoms. The number of amides is 2. The van der Waals surface area contributed by atoms with Crippen LogP contribution in [0.3, 0.4) is 0 Å². The Morgan fingerprint density at radius 2 is 1.14 bits per heavy atom. The van der Waals surface area contributed by atoms with Crippen molar-refractivity contribution >= 4 is 52.2 Å². The van der Waals surface area contributed by atoms with Crippen LogP contribution >= 0.6 is 15.9 Å². The second kappa shape index (κ2) is 21.8. The first-order valence-electron chi connectivity index (χ1n) is 24.8. The summed E-state index contributed by atoms with van der Waals surface area (Å²) in [4.78, 5) is 48.9. The smallest absolute Gasteiger partial charge is 0.423 e. The van der Waals surface area contributed by atoms with Gasteiger partial charge in [-0.05, 0) is 135 Å². The second-order valence-electron chi connectivity index (χ2n) is 20.4. The van der Waals surface area contributed by atoms with E-state index in [-0.39, 0.29) is 73.3 Å². The lowest BCUT2D eigenvalue weighted by molar-refractivity contribution is -0.142. The summed E-state index contributed by atoms with van der Waals surface area (Å²) in [7, 11) is 1.87. The lowest BCUT2D eigenvalue weighted by Gasteiger charge is -2.45. The number of carbonyl (C=O) groups is 2. The van der Waals surface area contributed by atoms with Crippen molar-refractivity contribution in [3.05, 3.63) is 112 Å². The molecule has 20 heteroatoms. The predicted molar refractivity (Wildman–Crippen MR) is 281 cm³/mol. The molecule has 0 radical (unpaired) electrons. The van der Waals surface area contributed by atoms with E-state index in [0.717, 1.165) is 123 Å². The largest absolute Gasteiger partial charge is 0.490 e. The number of nitrogens with zero attached hydrogens (tertiary/aromatic N) is 6. The maximum Gasteiger partial charge on any atom is 0.490 e. The molecule has 2 aromatic carbocycles. The van der Waals surface area contributed by atoms with Crippen LogP contribution in [0, 0.1) is 22.5 Å². The van der Waals surface area contributed by atoms with Crippen LogP contribution in [-0.2, 0) is 52.5 Å². The second-order valence-corrected chi connectivity index (χ2v) is 21.3. The van der Waals surface area contributed by atoms with Gasteiger partial charge in [-0.1, -0.05) is 49.0 Å². The van der Waals surface area contributed by atoms with Crippen LogP contribution in [0.2, 0.25) is 0 Å². The number of fused-ring (bicyclic) bond motifs is 6. The van der Waals surface area contributed by atoms with Gasteiger partial charge in [-0.3, -0.25) is 29.4 Å². The summed E-state index contributed by atoms with van der Waals surface area (Å²) in [5.41, 5.74) is 16.0. The minimum absolute atomic E-state index is 0. The summed E-state index contributed by atoms with van der Waals surface area (Å²) < 4.78 is 49.5. The van der Waals surface area contributed by atoms with E-state index in [2.05, 4.69) is 50.2 Å². The Labute approximate surface area is 440 Å². The van der Waals surface area contributed by atoms with Gasteiger partial charge in [-0.25, -0.2) is 18.8 Å².